The van der Waals surface area contributed by atoms with Gasteiger partial charge in [-0.05, 0) is 38.6 Å². The van der Waals surface area contributed by atoms with Crippen LogP contribution in [0.25, 0.3) is 0 Å². The van der Waals surface area contributed by atoms with Crippen molar-refractivity contribution in [2.24, 2.45) is 0 Å². The second-order valence-electron chi connectivity index (χ2n) is 4.48. The molecule has 2 rings (SSSR count). The van der Waals surface area contributed by atoms with E-state index in [2.05, 4.69) is 11.9 Å². The lowest BCUT2D eigenvalue weighted by atomic mass is 10.0. The third-order valence-corrected chi connectivity index (χ3v) is 3.27. The summed E-state index contributed by atoms with van der Waals surface area (Å²) in [5, 5.41) is 0. The number of benzene rings is 1. The first kappa shape index (κ1) is 11.3. The lowest BCUT2D eigenvalue weighted by Gasteiger charge is -2.32. The van der Waals surface area contributed by atoms with Crippen LogP contribution in [0.5, 0.6) is 5.75 Å². The number of rotatable bonds is 3. The molecule has 1 aliphatic heterocycles. The molecule has 3 nitrogen and oxygen atoms in total. The van der Waals surface area contributed by atoms with Gasteiger partial charge in [0.25, 0.3) is 0 Å². The average Bonchev–Trinajstić information content (AvgIpc) is 2.30. The van der Waals surface area contributed by atoms with Crippen molar-refractivity contribution >= 4 is 5.69 Å². The summed E-state index contributed by atoms with van der Waals surface area (Å²) in [6.45, 7) is 1.92. The van der Waals surface area contributed by atoms with E-state index in [9.17, 15) is 0 Å². The Labute approximate surface area is 97.2 Å². The van der Waals surface area contributed by atoms with E-state index in [0.717, 1.165) is 18.0 Å². The van der Waals surface area contributed by atoms with Gasteiger partial charge in [-0.25, -0.2) is 0 Å². The number of likely N-dealkylation sites (N-methyl/N-ethyl adjacent to an activating group) is 1. The van der Waals surface area contributed by atoms with E-state index in [1.165, 1.54) is 25.8 Å². The molecule has 1 saturated heterocycles. The average molecular weight is 220 g/mol. The number of anilines is 1. The minimum Gasteiger partial charge on any atom is -0.490 e. The smallest absolute Gasteiger partial charge is 0.142 e. The molecule has 16 heavy (non-hydrogen) atoms. The molecular formula is C13H20N2O. The Morgan fingerprint density at radius 1 is 1.38 bits per heavy atom. The van der Waals surface area contributed by atoms with E-state index in [-0.39, 0.29) is 0 Å². The molecule has 1 aromatic carbocycles. The topological polar surface area (TPSA) is 38.5 Å². The third-order valence-electron chi connectivity index (χ3n) is 3.27. The number of likely N-dealkylation sites (tertiary alicyclic amines) is 1. The second kappa shape index (κ2) is 5.21. The summed E-state index contributed by atoms with van der Waals surface area (Å²) in [7, 11) is 2.17. The van der Waals surface area contributed by atoms with Crippen molar-refractivity contribution in [1.82, 2.24) is 4.90 Å². The number of nitrogens with two attached hydrogens (primary N) is 1. The monoisotopic (exact) mass is 220 g/mol. The maximum atomic E-state index is 5.83. The van der Waals surface area contributed by atoms with Crippen molar-refractivity contribution in [1.29, 1.82) is 0 Å². The van der Waals surface area contributed by atoms with Crippen LogP contribution >= 0.6 is 0 Å². The number of hydrogen-bond acceptors (Lipinski definition) is 3. The summed E-state index contributed by atoms with van der Waals surface area (Å²) in [5.74, 6) is 0.807. The third kappa shape index (κ3) is 2.67. The molecule has 0 aromatic heterocycles. The molecule has 0 unspecified atom stereocenters. The highest BCUT2D eigenvalue weighted by atomic mass is 16.5. The molecule has 0 aliphatic carbocycles. The Morgan fingerprint density at radius 2 is 2.19 bits per heavy atom. The molecule has 2 N–H and O–H groups in total. The van der Waals surface area contributed by atoms with Crippen molar-refractivity contribution in [3.63, 3.8) is 0 Å². The molecule has 1 atom stereocenters. The Balaban J connectivity index is 1.89. The van der Waals surface area contributed by atoms with E-state index in [0.29, 0.717) is 6.04 Å². The zero-order chi connectivity index (χ0) is 11.4. The van der Waals surface area contributed by atoms with E-state index in [4.69, 9.17) is 10.5 Å². The van der Waals surface area contributed by atoms with Crippen LogP contribution in [-0.4, -0.2) is 31.1 Å². The number of para-hydroxylation sites is 2. The van der Waals surface area contributed by atoms with Crippen molar-refractivity contribution < 1.29 is 4.74 Å². The van der Waals surface area contributed by atoms with Gasteiger partial charge in [0.2, 0.25) is 0 Å². The van der Waals surface area contributed by atoms with Gasteiger partial charge in [0, 0.05) is 6.04 Å². The molecule has 1 aromatic rings. The number of nitrogen functional groups attached to an aromatic ring is 1. The van der Waals surface area contributed by atoms with Gasteiger partial charge in [0.05, 0.1) is 5.69 Å². The minimum atomic E-state index is 0.536. The van der Waals surface area contributed by atoms with Crippen LogP contribution in [0, 0.1) is 0 Å². The summed E-state index contributed by atoms with van der Waals surface area (Å²) in [6, 6.07) is 8.22. The summed E-state index contributed by atoms with van der Waals surface area (Å²) in [4.78, 5) is 2.38. The zero-order valence-electron chi connectivity index (χ0n) is 9.86. The van der Waals surface area contributed by atoms with Gasteiger partial charge in [-0.2, -0.15) is 0 Å². The largest absolute Gasteiger partial charge is 0.490 e. The number of hydrogen-bond donors (Lipinski definition) is 1. The fourth-order valence-corrected chi connectivity index (χ4v) is 2.15. The first-order chi connectivity index (χ1) is 7.77. The highest BCUT2D eigenvalue weighted by Gasteiger charge is 2.19. The molecule has 0 amide bonds. The Kier molecular flexibility index (Phi) is 3.67. The fraction of sp³-hybridized carbons (Fsp3) is 0.538. The minimum absolute atomic E-state index is 0.536. The summed E-state index contributed by atoms with van der Waals surface area (Å²) in [6.07, 6.45) is 3.84. The molecule has 0 radical (unpaired) electrons. The van der Waals surface area contributed by atoms with Gasteiger partial charge < -0.3 is 15.4 Å². The van der Waals surface area contributed by atoms with Crippen LogP contribution in [0.1, 0.15) is 19.3 Å². The molecule has 1 heterocycles. The van der Waals surface area contributed by atoms with Crippen LogP contribution in [-0.2, 0) is 0 Å². The number of piperidine rings is 1. The highest BCUT2D eigenvalue weighted by molar-refractivity contribution is 5.51. The quantitative estimate of drug-likeness (QED) is 0.793. The van der Waals surface area contributed by atoms with Crippen molar-refractivity contribution in [3.8, 4) is 5.75 Å². The van der Waals surface area contributed by atoms with Gasteiger partial charge in [-0.1, -0.05) is 18.6 Å². The van der Waals surface area contributed by atoms with E-state index < -0.39 is 0 Å². The lowest BCUT2D eigenvalue weighted by Crippen LogP contribution is -2.40. The summed E-state index contributed by atoms with van der Waals surface area (Å²) < 4.78 is 5.78. The first-order valence-corrected chi connectivity index (χ1v) is 5.95. The van der Waals surface area contributed by atoms with Gasteiger partial charge in [-0.3, -0.25) is 0 Å². The van der Waals surface area contributed by atoms with Crippen LogP contribution in [0.2, 0.25) is 0 Å². The fourth-order valence-electron chi connectivity index (χ4n) is 2.15. The Morgan fingerprint density at radius 3 is 2.94 bits per heavy atom. The van der Waals surface area contributed by atoms with Crippen molar-refractivity contribution in [2.75, 3.05) is 25.9 Å². The normalized spacial score (nSPS) is 21.9. The molecule has 0 spiro atoms. The Bertz CT molecular complexity index is 340. The zero-order valence-corrected chi connectivity index (χ0v) is 9.86. The summed E-state index contributed by atoms with van der Waals surface area (Å²) >= 11 is 0. The number of nitrogens with zero attached hydrogens (tertiary/aromatic N) is 1. The maximum Gasteiger partial charge on any atom is 0.142 e. The maximum absolute atomic E-state index is 5.83. The molecule has 1 fully saturated rings. The van der Waals surface area contributed by atoms with Gasteiger partial charge in [-0.15, -0.1) is 0 Å². The molecule has 1 aliphatic rings. The SMILES string of the molecule is CN1CCCC[C@@H]1COc1ccccc1N. The van der Waals surface area contributed by atoms with Crippen LogP contribution in [0.3, 0.4) is 0 Å². The molecule has 0 saturated carbocycles. The van der Waals surface area contributed by atoms with Crippen molar-refractivity contribution in [2.45, 2.75) is 25.3 Å². The Hall–Kier alpha value is -1.22. The molecule has 0 bridgehead atoms. The van der Waals surface area contributed by atoms with Gasteiger partial charge in [0.15, 0.2) is 0 Å². The predicted molar refractivity (Wildman–Crippen MR) is 66.6 cm³/mol. The van der Waals surface area contributed by atoms with Gasteiger partial charge >= 0.3 is 0 Å². The van der Waals surface area contributed by atoms with E-state index in [1.807, 2.05) is 24.3 Å². The van der Waals surface area contributed by atoms with Crippen LogP contribution in [0.15, 0.2) is 24.3 Å². The molecular weight excluding hydrogens is 200 g/mol. The van der Waals surface area contributed by atoms with Crippen LogP contribution < -0.4 is 10.5 Å². The number of ether oxygens (including phenoxy) is 1. The van der Waals surface area contributed by atoms with E-state index in [1.54, 1.807) is 0 Å². The molecule has 3 heteroatoms. The predicted octanol–water partition coefficient (Wildman–Crippen LogP) is 2.13. The summed E-state index contributed by atoms with van der Waals surface area (Å²) in [5.41, 5.74) is 6.56. The van der Waals surface area contributed by atoms with E-state index >= 15 is 0 Å². The molecule has 88 valence electrons. The highest BCUT2D eigenvalue weighted by Crippen LogP contribution is 2.22. The van der Waals surface area contributed by atoms with Crippen molar-refractivity contribution in [3.05, 3.63) is 24.3 Å². The van der Waals surface area contributed by atoms with Crippen LogP contribution in [0.4, 0.5) is 5.69 Å². The van der Waals surface area contributed by atoms with Gasteiger partial charge in [0.1, 0.15) is 12.4 Å². The lowest BCUT2D eigenvalue weighted by molar-refractivity contribution is 0.125. The second-order valence-corrected chi connectivity index (χ2v) is 4.48. The standard InChI is InChI=1S/C13H20N2O/c1-15-9-5-4-6-11(15)10-16-13-8-3-2-7-12(13)14/h2-3,7-8,11H,4-6,9-10,14H2,1H3/t11-/m1/s1. The first-order valence-electron chi connectivity index (χ1n) is 5.95.